The largest absolute Gasteiger partial charge is 0.467 e. The third kappa shape index (κ3) is 3.22. The first-order chi connectivity index (χ1) is 10.1. The minimum absolute atomic E-state index is 0.125. The summed E-state index contributed by atoms with van der Waals surface area (Å²) in [6.45, 7) is 0.432. The molecule has 0 spiro atoms. The molecule has 1 fully saturated rings. The van der Waals surface area contributed by atoms with E-state index in [0.717, 1.165) is 5.56 Å². The lowest BCUT2D eigenvalue weighted by Crippen LogP contribution is -2.41. The van der Waals surface area contributed by atoms with Gasteiger partial charge in [0.25, 0.3) is 5.91 Å². The van der Waals surface area contributed by atoms with Gasteiger partial charge >= 0.3 is 5.97 Å². The Labute approximate surface area is 123 Å². The highest BCUT2D eigenvalue weighted by Crippen LogP contribution is 2.23. The Hall–Kier alpha value is -1.92. The second-order valence-electron chi connectivity index (χ2n) is 4.98. The van der Waals surface area contributed by atoms with E-state index < -0.39 is 18.1 Å². The van der Waals surface area contributed by atoms with Gasteiger partial charge in [0.05, 0.1) is 19.8 Å². The molecule has 1 heterocycles. The topological polar surface area (TPSA) is 76.1 Å². The van der Waals surface area contributed by atoms with E-state index in [-0.39, 0.29) is 18.9 Å². The van der Waals surface area contributed by atoms with Crippen molar-refractivity contribution in [3.63, 3.8) is 0 Å². The van der Waals surface area contributed by atoms with Crippen LogP contribution in [0.25, 0.3) is 0 Å². The van der Waals surface area contributed by atoms with E-state index in [2.05, 4.69) is 0 Å². The highest BCUT2D eigenvalue weighted by molar-refractivity contribution is 5.98. The lowest BCUT2D eigenvalue weighted by atomic mass is 10.1. The molecule has 114 valence electrons. The molecule has 1 aliphatic rings. The number of nitrogens with zero attached hydrogens (tertiary/aromatic N) is 1. The maximum atomic E-state index is 12.7. The number of hydrogen-bond donors (Lipinski definition) is 1. The number of carbonyl (C=O) groups excluding carboxylic acids is 2. The van der Waals surface area contributed by atoms with Crippen LogP contribution in [0.15, 0.2) is 24.3 Å². The summed E-state index contributed by atoms with van der Waals surface area (Å²) in [5.41, 5.74) is 1.22. The lowest BCUT2D eigenvalue weighted by molar-refractivity contribution is -0.145. The van der Waals surface area contributed by atoms with Crippen LogP contribution in [0.4, 0.5) is 0 Å². The van der Waals surface area contributed by atoms with Gasteiger partial charge < -0.3 is 19.5 Å². The van der Waals surface area contributed by atoms with Crippen LogP contribution < -0.4 is 0 Å². The lowest BCUT2D eigenvalue weighted by Gasteiger charge is -2.23. The van der Waals surface area contributed by atoms with Gasteiger partial charge in [0.15, 0.2) is 0 Å². The number of likely N-dealkylation sites (tertiary alicyclic amines) is 1. The first-order valence-electron chi connectivity index (χ1n) is 6.72. The van der Waals surface area contributed by atoms with Gasteiger partial charge in [-0.1, -0.05) is 18.2 Å². The van der Waals surface area contributed by atoms with Crippen LogP contribution >= 0.6 is 0 Å². The Morgan fingerprint density at radius 2 is 2.05 bits per heavy atom. The summed E-state index contributed by atoms with van der Waals surface area (Å²) in [7, 11) is 2.83. The second kappa shape index (κ2) is 6.69. The smallest absolute Gasteiger partial charge is 0.328 e. The van der Waals surface area contributed by atoms with Crippen LogP contribution in [0.1, 0.15) is 22.3 Å². The molecule has 2 rings (SSSR count). The average Bonchev–Trinajstić information content (AvgIpc) is 2.88. The zero-order valence-corrected chi connectivity index (χ0v) is 12.1. The zero-order chi connectivity index (χ0) is 15.4. The van der Waals surface area contributed by atoms with E-state index in [0.29, 0.717) is 12.2 Å². The number of ether oxygens (including phenoxy) is 2. The number of amides is 1. The summed E-state index contributed by atoms with van der Waals surface area (Å²) < 4.78 is 9.79. The number of hydrogen-bond acceptors (Lipinski definition) is 5. The van der Waals surface area contributed by atoms with Gasteiger partial charge in [0, 0.05) is 25.6 Å². The highest BCUT2D eigenvalue weighted by Gasteiger charge is 2.40. The monoisotopic (exact) mass is 293 g/mol. The standard InChI is InChI=1S/C15H19NO5/c1-20-9-10-5-3-4-6-12(10)14(18)16-8-11(17)7-13(16)15(19)21-2/h3-6,11,13,17H,7-9H2,1-2H3. The number of methoxy groups -OCH3 is 2. The first-order valence-corrected chi connectivity index (χ1v) is 6.72. The number of rotatable bonds is 4. The summed E-state index contributed by atoms with van der Waals surface area (Å²) in [5.74, 6) is -0.807. The van der Waals surface area contributed by atoms with Gasteiger partial charge in [0.1, 0.15) is 6.04 Å². The summed E-state index contributed by atoms with van der Waals surface area (Å²) in [5, 5.41) is 9.76. The van der Waals surface area contributed by atoms with Crippen LogP contribution in [0.2, 0.25) is 0 Å². The van der Waals surface area contributed by atoms with Crippen molar-refractivity contribution in [1.82, 2.24) is 4.90 Å². The third-order valence-electron chi connectivity index (χ3n) is 3.56. The number of β-amino-alcohol motifs (C(OH)–C–C–N with tert-alkyl or cyclic N) is 1. The molecular formula is C15H19NO5. The third-order valence-corrected chi connectivity index (χ3v) is 3.56. The molecule has 1 amide bonds. The molecule has 21 heavy (non-hydrogen) atoms. The van der Waals surface area contributed by atoms with E-state index >= 15 is 0 Å². The Morgan fingerprint density at radius 1 is 1.33 bits per heavy atom. The molecule has 2 atom stereocenters. The molecule has 6 nitrogen and oxygen atoms in total. The molecule has 0 bridgehead atoms. The minimum Gasteiger partial charge on any atom is -0.467 e. The van der Waals surface area contributed by atoms with Crippen LogP contribution in [-0.2, 0) is 20.9 Å². The van der Waals surface area contributed by atoms with Crippen molar-refractivity contribution >= 4 is 11.9 Å². The normalized spacial score (nSPS) is 21.4. The number of aliphatic hydroxyl groups excluding tert-OH is 1. The molecule has 1 aromatic carbocycles. The Kier molecular flexibility index (Phi) is 4.93. The van der Waals surface area contributed by atoms with Gasteiger partial charge in [-0.2, -0.15) is 0 Å². The Morgan fingerprint density at radius 3 is 2.71 bits per heavy atom. The van der Waals surface area contributed by atoms with Crippen molar-refractivity contribution in [2.75, 3.05) is 20.8 Å². The predicted octanol–water partition coefficient (Wildman–Crippen LogP) is 0.581. The van der Waals surface area contributed by atoms with Crippen LogP contribution in [0, 0.1) is 0 Å². The summed E-state index contributed by atoms with van der Waals surface area (Å²) >= 11 is 0. The van der Waals surface area contributed by atoms with E-state index in [4.69, 9.17) is 9.47 Å². The molecule has 1 aliphatic heterocycles. The average molecular weight is 293 g/mol. The van der Waals surface area contributed by atoms with E-state index in [1.807, 2.05) is 6.07 Å². The molecule has 1 aromatic rings. The molecular weight excluding hydrogens is 274 g/mol. The maximum absolute atomic E-state index is 12.7. The van der Waals surface area contributed by atoms with Crippen molar-refractivity contribution < 1.29 is 24.2 Å². The second-order valence-corrected chi connectivity index (χ2v) is 4.98. The Balaban J connectivity index is 2.28. The van der Waals surface area contributed by atoms with Crippen LogP contribution in [0.3, 0.4) is 0 Å². The van der Waals surface area contributed by atoms with Gasteiger partial charge in [-0.15, -0.1) is 0 Å². The van der Waals surface area contributed by atoms with E-state index in [1.54, 1.807) is 25.3 Å². The van der Waals surface area contributed by atoms with Gasteiger partial charge in [0.2, 0.25) is 0 Å². The van der Waals surface area contributed by atoms with Crippen LogP contribution in [-0.4, -0.2) is 54.8 Å². The molecule has 6 heteroatoms. The quantitative estimate of drug-likeness (QED) is 0.822. The summed E-state index contributed by atoms with van der Waals surface area (Å²) in [6, 6.07) is 6.33. The molecule has 2 unspecified atom stereocenters. The van der Waals surface area contributed by atoms with Crippen LogP contribution in [0.5, 0.6) is 0 Å². The molecule has 1 N–H and O–H groups in total. The molecule has 0 aromatic heterocycles. The van der Waals surface area contributed by atoms with Crippen molar-refractivity contribution in [3.05, 3.63) is 35.4 Å². The highest BCUT2D eigenvalue weighted by atomic mass is 16.5. The molecule has 0 saturated carbocycles. The number of carbonyl (C=O) groups is 2. The Bertz CT molecular complexity index is 531. The minimum atomic E-state index is -0.742. The van der Waals surface area contributed by atoms with Crippen molar-refractivity contribution in [2.24, 2.45) is 0 Å². The summed E-state index contributed by atoms with van der Waals surface area (Å²) in [4.78, 5) is 25.8. The molecule has 1 saturated heterocycles. The van der Waals surface area contributed by atoms with Crippen molar-refractivity contribution in [3.8, 4) is 0 Å². The predicted molar refractivity (Wildman–Crippen MR) is 74.6 cm³/mol. The number of aliphatic hydroxyl groups is 1. The van der Waals surface area contributed by atoms with Gasteiger partial charge in [-0.3, -0.25) is 4.79 Å². The molecule has 0 aliphatic carbocycles. The van der Waals surface area contributed by atoms with Crippen molar-refractivity contribution in [1.29, 1.82) is 0 Å². The molecule has 0 radical (unpaired) electrons. The van der Waals surface area contributed by atoms with Crippen molar-refractivity contribution in [2.45, 2.75) is 25.2 Å². The maximum Gasteiger partial charge on any atom is 0.328 e. The fraction of sp³-hybridized carbons (Fsp3) is 0.467. The summed E-state index contributed by atoms with van der Waals surface area (Å²) in [6.07, 6.45) is -0.516. The van der Waals surface area contributed by atoms with E-state index in [1.165, 1.54) is 12.0 Å². The SMILES string of the molecule is COCc1ccccc1C(=O)N1CC(O)CC1C(=O)OC. The number of benzene rings is 1. The zero-order valence-electron chi connectivity index (χ0n) is 12.1. The fourth-order valence-electron chi connectivity index (χ4n) is 2.56. The first kappa shape index (κ1) is 15.5. The van der Waals surface area contributed by atoms with Gasteiger partial charge in [-0.05, 0) is 11.6 Å². The van der Waals surface area contributed by atoms with Gasteiger partial charge in [-0.25, -0.2) is 4.79 Å². The fourth-order valence-corrected chi connectivity index (χ4v) is 2.56. The van der Waals surface area contributed by atoms with E-state index in [9.17, 15) is 14.7 Å². The number of esters is 1.